The second-order valence-corrected chi connectivity index (χ2v) is 7.48. The molecule has 1 aromatic rings. The number of primary amides is 1. The Morgan fingerprint density at radius 3 is 2.78 bits per heavy atom. The fourth-order valence-electron chi connectivity index (χ4n) is 3.47. The van der Waals surface area contributed by atoms with Crippen LogP contribution in [0.1, 0.15) is 37.8 Å². The van der Waals surface area contributed by atoms with Crippen molar-refractivity contribution < 1.29 is 4.79 Å². The van der Waals surface area contributed by atoms with E-state index < -0.39 is 6.03 Å². The zero-order valence-electron chi connectivity index (χ0n) is 13.6. The number of amides is 2. The van der Waals surface area contributed by atoms with Crippen molar-refractivity contribution in [2.24, 2.45) is 16.9 Å². The molecule has 2 aliphatic rings. The van der Waals surface area contributed by atoms with Gasteiger partial charge in [0.1, 0.15) is 0 Å². The minimum atomic E-state index is -0.537. The van der Waals surface area contributed by atoms with Gasteiger partial charge >= 0.3 is 6.03 Å². The molecule has 122 valence electrons. The summed E-state index contributed by atoms with van der Waals surface area (Å²) >= 11 is 1.60. The van der Waals surface area contributed by atoms with E-state index in [1.807, 2.05) is 0 Å². The molecule has 1 aliphatic carbocycles. The van der Waals surface area contributed by atoms with Crippen LogP contribution in [0.2, 0.25) is 0 Å². The van der Waals surface area contributed by atoms with Gasteiger partial charge in [0.15, 0.2) is 0 Å². The summed E-state index contributed by atoms with van der Waals surface area (Å²) in [6.07, 6.45) is 2.94. The third-order valence-corrected chi connectivity index (χ3v) is 6.29. The molecule has 0 fully saturated rings. The first kappa shape index (κ1) is 16.1. The van der Waals surface area contributed by atoms with Crippen LogP contribution in [0.3, 0.4) is 0 Å². The molecule has 5 N–H and O–H groups in total. The Balaban J connectivity index is 2.10. The second-order valence-electron chi connectivity index (χ2n) is 6.46. The highest BCUT2D eigenvalue weighted by atomic mass is 32.2. The molecule has 23 heavy (non-hydrogen) atoms. The van der Waals surface area contributed by atoms with Gasteiger partial charge in [-0.05, 0) is 47.0 Å². The summed E-state index contributed by atoms with van der Waals surface area (Å²) in [5, 5.41) is 3.56. The van der Waals surface area contributed by atoms with Gasteiger partial charge < -0.3 is 16.8 Å². The van der Waals surface area contributed by atoms with Gasteiger partial charge in [-0.25, -0.2) is 4.79 Å². The molecule has 5 heteroatoms. The largest absolute Gasteiger partial charge is 0.351 e. The number of nitrogens with one attached hydrogen (secondary N) is 1. The predicted octanol–water partition coefficient (Wildman–Crippen LogP) is 3.35. The van der Waals surface area contributed by atoms with Gasteiger partial charge in [-0.1, -0.05) is 49.9 Å². The summed E-state index contributed by atoms with van der Waals surface area (Å²) in [6.45, 7) is 5.01. The highest BCUT2D eigenvalue weighted by molar-refractivity contribution is 8.11. The lowest BCUT2D eigenvalue weighted by Crippen LogP contribution is -2.33. The van der Waals surface area contributed by atoms with Gasteiger partial charge in [-0.2, -0.15) is 0 Å². The van der Waals surface area contributed by atoms with Crippen LogP contribution in [0.15, 0.2) is 40.4 Å². The minimum Gasteiger partial charge on any atom is -0.351 e. The second kappa shape index (κ2) is 6.06. The molecular weight excluding hydrogens is 306 g/mol. The lowest BCUT2D eigenvalue weighted by Gasteiger charge is -2.41. The lowest BCUT2D eigenvalue weighted by atomic mass is 9.68. The van der Waals surface area contributed by atoms with Gasteiger partial charge in [0, 0.05) is 11.4 Å². The Morgan fingerprint density at radius 2 is 2.13 bits per heavy atom. The van der Waals surface area contributed by atoms with Crippen LogP contribution in [0.25, 0.3) is 4.91 Å². The molecule has 0 saturated heterocycles. The normalized spacial score (nSPS) is 23.4. The molecule has 4 nitrogen and oxygen atoms in total. The van der Waals surface area contributed by atoms with Crippen molar-refractivity contribution in [2.75, 3.05) is 6.54 Å². The third kappa shape index (κ3) is 2.79. The molecule has 1 heterocycles. The van der Waals surface area contributed by atoms with Gasteiger partial charge in [0.25, 0.3) is 0 Å². The van der Waals surface area contributed by atoms with E-state index in [4.69, 9.17) is 11.5 Å². The van der Waals surface area contributed by atoms with Crippen molar-refractivity contribution in [3.63, 3.8) is 0 Å². The summed E-state index contributed by atoms with van der Waals surface area (Å²) in [6, 6.07) is 8.00. The lowest BCUT2D eigenvalue weighted by molar-refractivity contribution is 0.251. The number of carbonyl (C=O) groups excluding carboxylic acids is 1. The van der Waals surface area contributed by atoms with Crippen LogP contribution in [-0.4, -0.2) is 12.6 Å². The van der Waals surface area contributed by atoms with Crippen LogP contribution < -0.4 is 16.8 Å². The van der Waals surface area contributed by atoms with Gasteiger partial charge in [0.2, 0.25) is 0 Å². The molecule has 0 spiro atoms. The van der Waals surface area contributed by atoms with Gasteiger partial charge in [-0.15, -0.1) is 0 Å². The maximum atomic E-state index is 11.3. The Bertz CT molecular complexity index is 723. The average molecular weight is 329 g/mol. The predicted molar refractivity (Wildman–Crippen MR) is 96.5 cm³/mol. The number of carbonyl (C=O) groups is 1. The molecule has 2 amide bonds. The van der Waals surface area contributed by atoms with Crippen LogP contribution >= 0.6 is 11.8 Å². The smallest absolute Gasteiger partial charge is 0.317 e. The van der Waals surface area contributed by atoms with E-state index >= 15 is 0 Å². The Morgan fingerprint density at radius 1 is 1.39 bits per heavy atom. The van der Waals surface area contributed by atoms with Crippen molar-refractivity contribution in [1.82, 2.24) is 5.32 Å². The third-order valence-electron chi connectivity index (χ3n) is 5.02. The quantitative estimate of drug-likeness (QED) is 0.795. The van der Waals surface area contributed by atoms with Crippen LogP contribution in [0.4, 0.5) is 4.79 Å². The number of thioether (sulfide) groups is 1. The van der Waals surface area contributed by atoms with E-state index in [1.165, 1.54) is 21.6 Å². The van der Waals surface area contributed by atoms with E-state index in [0.29, 0.717) is 6.54 Å². The highest BCUT2D eigenvalue weighted by Gasteiger charge is 2.38. The molecule has 1 atom stereocenters. The maximum absolute atomic E-state index is 11.3. The first-order valence-electron chi connectivity index (χ1n) is 7.97. The van der Waals surface area contributed by atoms with Crippen molar-refractivity contribution in [1.29, 1.82) is 0 Å². The summed E-state index contributed by atoms with van der Waals surface area (Å²) in [5.74, 6) is 0. The number of rotatable bonds is 3. The summed E-state index contributed by atoms with van der Waals surface area (Å²) in [7, 11) is 0. The fourth-order valence-corrected chi connectivity index (χ4v) is 4.87. The van der Waals surface area contributed by atoms with E-state index in [-0.39, 0.29) is 5.41 Å². The number of nitrogens with two attached hydrogens (primary N) is 2. The van der Waals surface area contributed by atoms with Crippen LogP contribution in [-0.2, 0) is 6.42 Å². The molecule has 1 aliphatic heterocycles. The summed E-state index contributed by atoms with van der Waals surface area (Å²) < 4.78 is 0. The first-order chi connectivity index (χ1) is 11.0. The SMILES string of the molecule is CCC1(C)Cc2ccccc2C2=C1CC(CN)=C(NC(N)=O)S2. The molecular formula is C18H23N3OS. The zero-order chi connectivity index (χ0) is 16.6. The first-order valence-corrected chi connectivity index (χ1v) is 8.78. The van der Waals surface area contributed by atoms with Gasteiger partial charge in [-0.3, -0.25) is 0 Å². The van der Waals surface area contributed by atoms with Crippen LogP contribution in [0.5, 0.6) is 0 Å². The van der Waals surface area contributed by atoms with Crippen molar-refractivity contribution in [2.45, 2.75) is 33.1 Å². The number of hydrogen-bond acceptors (Lipinski definition) is 3. The number of benzene rings is 1. The molecule has 1 aromatic carbocycles. The molecule has 0 bridgehead atoms. The number of hydrogen-bond donors (Lipinski definition) is 3. The van der Waals surface area contributed by atoms with E-state index in [2.05, 4.69) is 43.4 Å². The van der Waals surface area contributed by atoms with E-state index in [0.717, 1.165) is 29.9 Å². The average Bonchev–Trinajstić information content (AvgIpc) is 2.54. The highest BCUT2D eigenvalue weighted by Crippen LogP contribution is 2.54. The minimum absolute atomic E-state index is 0.134. The van der Waals surface area contributed by atoms with Crippen molar-refractivity contribution >= 4 is 22.7 Å². The van der Waals surface area contributed by atoms with Gasteiger partial charge in [0.05, 0.1) is 5.03 Å². The van der Waals surface area contributed by atoms with Crippen molar-refractivity contribution in [3.05, 3.63) is 51.6 Å². The Labute approximate surface area is 141 Å². The molecule has 3 rings (SSSR count). The van der Waals surface area contributed by atoms with E-state index in [1.54, 1.807) is 11.8 Å². The fraction of sp³-hybridized carbons (Fsp3) is 0.389. The Kier molecular flexibility index (Phi) is 4.25. The van der Waals surface area contributed by atoms with Crippen LogP contribution in [0, 0.1) is 5.41 Å². The summed E-state index contributed by atoms with van der Waals surface area (Å²) in [4.78, 5) is 12.6. The summed E-state index contributed by atoms with van der Waals surface area (Å²) in [5.41, 5.74) is 16.5. The maximum Gasteiger partial charge on any atom is 0.317 e. The number of urea groups is 1. The van der Waals surface area contributed by atoms with E-state index in [9.17, 15) is 4.79 Å². The Hall–Kier alpha value is -1.72. The molecule has 1 unspecified atom stereocenters. The number of allylic oxidation sites excluding steroid dienone is 1. The monoisotopic (exact) mass is 329 g/mol. The number of fused-ring (bicyclic) bond motifs is 2. The standard InChI is InChI=1S/C18H23N3OS/c1-3-18(2)9-11-6-4-5-7-13(11)15-14(18)8-12(10-19)16(23-15)21-17(20)22/h4-7H,3,8-10,19H2,1-2H3,(H3,20,21,22). The molecule has 0 aromatic heterocycles. The topological polar surface area (TPSA) is 81.1 Å². The molecule has 0 radical (unpaired) electrons. The molecule has 0 saturated carbocycles. The van der Waals surface area contributed by atoms with Crippen molar-refractivity contribution in [3.8, 4) is 0 Å². The zero-order valence-corrected chi connectivity index (χ0v) is 14.4.